The molecule has 0 aliphatic rings. The van der Waals surface area contributed by atoms with Crippen LogP contribution in [0.5, 0.6) is 0 Å². The van der Waals surface area contributed by atoms with Crippen LogP contribution in [0.3, 0.4) is 0 Å². The van der Waals surface area contributed by atoms with E-state index in [-0.39, 0.29) is 11.8 Å². The standard InChI is InChI=1S/C13H14BrNO/c1-8(2)15-12-6-4-5-11(14)10(12)7-13(15)9(3)16/h4-8H,1-3H3. The molecule has 3 heteroatoms. The Kier molecular flexibility index (Phi) is 2.89. The van der Waals surface area contributed by atoms with Crippen LogP contribution in [0.2, 0.25) is 0 Å². The summed E-state index contributed by atoms with van der Waals surface area (Å²) < 4.78 is 3.12. The van der Waals surface area contributed by atoms with Gasteiger partial charge in [0.05, 0.1) is 5.69 Å². The van der Waals surface area contributed by atoms with Crippen LogP contribution in [0, 0.1) is 0 Å². The van der Waals surface area contributed by atoms with E-state index in [4.69, 9.17) is 0 Å². The van der Waals surface area contributed by atoms with Crippen molar-refractivity contribution in [1.82, 2.24) is 4.57 Å². The van der Waals surface area contributed by atoms with Gasteiger partial charge >= 0.3 is 0 Å². The van der Waals surface area contributed by atoms with E-state index < -0.39 is 0 Å². The van der Waals surface area contributed by atoms with Gasteiger partial charge in [-0.25, -0.2) is 0 Å². The average molecular weight is 280 g/mol. The predicted octanol–water partition coefficient (Wildman–Crippen LogP) is 4.19. The summed E-state index contributed by atoms with van der Waals surface area (Å²) in [5.41, 5.74) is 1.88. The van der Waals surface area contributed by atoms with Crippen molar-refractivity contribution in [3.63, 3.8) is 0 Å². The highest BCUT2D eigenvalue weighted by Gasteiger charge is 2.15. The highest BCUT2D eigenvalue weighted by Crippen LogP contribution is 2.29. The fourth-order valence-electron chi connectivity index (χ4n) is 2.04. The normalized spacial score (nSPS) is 11.3. The van der Waals surface area contributed by atoms with Crippen LogP contribution >= 0.6 is 15.9 Å². The van der Waals surface area contributed by atoms with Crippen molar-refractivity contribution in [3.05, 3.63) is 34.4 Å². The van der Waals surface area contributed by atoms with Crippen LogP contribution in [0.15, 0.2) is 28.7 Å². The number of aromatic nitrogens is 1. The quantitative estimate of drug-likeness (QED) is 0.756. The predicted molar refractivity (Wildman–Crippen MR) is 70.0 cm³/mol. The molecule has 2 rings (SSSR count). The minimum atomic E-state index is 0.108. The summed E-state index contributed by atoms with van der Waals surface area (Å²) in [7, 11) is 0. The van der Waals surface area contributed by atoms with Gasteiger partial charge in [0.15, 0.2) is 5.78 Å². The van der Waals surface area contributed by atoms with Crippen molar-refractivity contribution in [2.45, 2.75) is 26.8 Å². The van der Waals surface area contributed by atoms with Gasteiger partial charge in [0.2, 0.25) is 0 Å². The Hall–Kier alpha value is -1.09. The lowest BCUT2D eigenvalue weighted by Crippen LogP contribution is -2.08. The number of Topliss-reactive ketones (excluding diaryl/α,β-unsaturated/α-hetero) is 1. The van der Waals surface area contributed by atoms with Gasteiger partial charge in [-0.3, -0.25) is 4.79 Å². The first-order valence-corrected chi connectivity index (χ1v) is 6.12. The molecule has 0 fully saturated rings. The molecule has 0 spiro atoms. The molecule has 0 aliphatic heterocycles. The van der Waals surface area contributed by atoms with Crippen LogP contribution in [0.25, 0.3) is 10.9 Å². The second-order valence-electron chi connectivity index (χ2n) is 4.22. The Morgan fingerprint density at radius 3 is 2.62 bits per heavy atom. The minimum Gasteiger partial charge on any atom is -0.335 e. The maximum absolute atomic E-state index is 11.6. The SMILES string of the molecule is CC(=O)c1cc2c(Br)cccc2n1C(C)C. The topological polar surface area (TPSA) is 22.0 Å². The number of hydrogen-bond donors (Lipinski definition) is 0. The molecular formula is C13H14BrNO. The first kappa shape index (κ1) is 11.4. The number of benzene rings is 1. The zero-order chi connectivity index (χ0) is 11.9. The fourth-order valence-corrected chi connectivity index (χ4v) is 2.51. The summed E-state index contributed by atoms with van der Waals surface area (Å²) >= 11 is 3.52. The average Bonchev–Trinajstić information content (AvgIpc) is 2.58. The van der Waals surface area contributed by atoms with Gasteiger partial charge in [-0.05, 0) is 32.0 Å². The maximum Gasteiger partial charge on any atom is 0.176 e. The molecule has 0 saturated heterocycles. The molecule has 0 atom stereocenters. The Morgan fingerprint density at radius 1 is 1.38 bits per heavy atom. The molecule has 0 saturated carbocycles. The summed E-state index contributed by atoms with van der Waals surface area (Å²) in [5.74, 6) is 0.108. The number of carbonyl (C=O) groups is 1. The first-order valence-electron chi connectivity index (χ1n) is 5.32. The number of carbonyl (C=O) groups excluding carboxylic acids is 1. The largest absolute Gasteiger partial charge is 0.335 e. The summed E-state index contributed by atoms with van der Waals surface area (Å²) in [4.78, 5) is 11.6. The molecule has 0 amide bonds. The van der Waals surface area contributed by atoms with E-state index in [1.165, 1.54) is 0 Å². The Morgan fingerprint density at radius 2 is 2.06 bits per heavy atom. The van der Waals surface area contributed by atoms with Crippen LogP contribution in [0.4, 0.5) is 0 Å². The van der Waals surface area contributed by atoms with E-state index in [2.05, 4.69) is 34.3 Å². The van der Waals surface area contributed by atoms with E-state index in [1.807, 2.05) is 24.3 Å². The third-order valence-electron chi connectivity index (χ3n) is 2.71. The number of hydrogen-bond acceptors (Lipinski definition) is 1. The maximum atomic E-state index is 11.6. The van der Waals surface area contributed by atoms with E-state index in [9.17, 15) is 4.79 Å². The van der Waals surface area contributed by atoms with Crippen molar-refractivity contribution < 1.29 is 4.79 Å². The molecule has 0 bridgehead atoms. The number of ketones is 1. The van der Waals surface area contributed by atoms with Gasteiger partial charge in [-0.2, -0.15) is 0 Å². The third kappa shape index (κ3) is 1.69. The van der Waals surface area contributed by atoms with Crippen LogP contribution in [0.1, 0.15) is 37.3 Å². The molecule has 0 N–H and O–H groups in total. The highest BCUT2D eigenvalue weighted by molar-refractivity contribution is 9.10. The zero-order valence-electron chi connectivity index (χ0n) is 9.62. The second kappa shape index (κ2) is 4.06. The zero-order valence-corrected chi connectivity index (χ0v) is 11.2. The van der Waals surface area contributed by atoms with Gasteiger partial charge < -0.3 is 4.57 Å². The first-order chi connectivity index (χ1) is 7.52. The number of halogens is 1. The summed E-state index contributed by atoms with van der Waals surface area (Å²) in [6, 6.07) is 8.28. The second-order valence-corrected chi connectivity index (χ2v) is 5.08. The summed E-state index contributed by atoms with van der Waals surface area (Å²) in [6.45, 7) is 5.79. The monoisotopic (exact) mass is 279 g/mol. The lowest BCUT2D eigenvalue weighted by molar-refractivity contribution is 0.100. The molecular weight excluding hydrogens is 266 g/mol. The van der Waals surface area contributed by atoms with E-state index in [1.54, 1.807) is 6.92 Å². The lowest BCUT2D eigenvalue weighted by atomic mass is 10.2. The number of fused-ring (bicyclic) bond motifs is 1. The van der Waals surface area contributed by atoms with Gasteiger partial charge in [0.25, 0.3) is 0 Å². The van der Waals surface area contributed by atoms with Crippen molar-refractivity contribution >= 4 is 32.6 Å². The summed E-state index contributed by atoms with van der Waals surface area (Å²) in [5, 5.41) is 1.10. The van der Waals surface area contributed by atoms with Crippen molar-refractivity contribution in [2.24, 2.45) is 0 Å². The minimum absolute atomic E-state index is 0.108. The number of nitrogens with zero attached hydrogens (tertiary/aromatic N) is 1. The van der Waals surface area contributed by atoms with Crippen molar-refractivity contribution in [1.29, 1.82) is 0 Å². The lowest BCUT2D eigenvalue weighted by Gasteiger charge is -2.12. The van der Waals surface area contributed by atoms with Gasteiger partial charge in [0.1, 0.15) is 0 Å². The summed E-state index contributed by atoms with van der Waals surface area (Å²) in [6.07, 6.45) is 0. The molecule has 0 unspecified atom stereocenters. The molecule has 0 aliphatic carbocycles. The van der Waals surface area contributed by atoms with Crippen molar-refractivity contribution in [2.75, 3.05) is 0 Å². The van der Waals surface area contributed by atoms with Gasteiger partial charge in [-0.15, -0.1) is 0 Å². The third-order valence-corrected chi connectivity index (χ3v) is 3.40. The van der Waals surface area contributed by atoms with Crippen molar-refractivity contribution in [3.8, 4) is 0 Å². The van der Waals surface area contributed by atoms with Crippen LogP contribution < -0.4 is 0 Å². The molecule has 1 aromatic carbocycles. The Labute approximate surface area is 103 Å². The molecule has 16 heavy (non-hydrogen) atoms. The molecule has 2 nitrogen and oxygen atoms in total. The Bertz CT molecular complexity index is 554. The fraction of sp³-hybridized carbons (Fsp3) is 0.308. The van der Waals surface area contributed by atoms with E-state index in [0.29, 0.717) is 0 Å². The molecule has 1 heterocycles. The molecule has 0 radical (unpaired) electrons. The molecule has 1 aromatic heterocycles. The molecule has 84 valence electrons. The van der Waals surface area contributed by atoms with E-state index >= 15 is 0 Å². The van der Waals surface area contributed by atoms with E-state index in [0.717, 1.165) is 21.1 Å². The smallest absolute Gasteiger partial charge is 0.176 e. The Balaban J connectivity index is 2.86. The molecule has 2 aromatic rings. The van der Waals surface area contributed by atoms with Gasteiger partial charge in [0, 0.05) is 28.3 Å². The van der Waals surface area contributed by atoms with Crippen LogP contribution in [-0.4, -0.2) is 10.4 Å². The van der Waals surface area contributed by atoms with Crippen LogP contribution in [-0.2, 0) is 0 Å². The number of rotatable bonds is 2. The van der Waals surface area contributed by atoms with Gasteiger partial charge in [-0.1, -0.05) is 22.0 Å². The highest BCUT2D eigenvalue weighted by atomic mass is 79.9.